The maximum absolute atomic E-state index is 5.80. The van der Waals surface area contributed by atoms with Gasteiger partial charge in [0.1, 0.15) is 11.8 Å². The van der Waals surface area contributed by atoms with Crippen LogP contribution in [0.1, 0.15) is 25.0 Å². The van der Waals surface area contributed by atoms with Gasteiger partial charge in [-0.1, -0.05) is 12.0 Å². The molecule has 3 heteroatoms. The topological polar surface area (TPSA) is 34.1 Å². The van der Waals surface area contributed by atoms with Crippen LogP contribution < -0.4 is 10.1 Å². The molecule has 2 heterocycles. The average molecular weight is 228 g/mol. The highest BCUT2D eigenvalue weighted by Crippen LogP contribution is 2.27. The van der Waals surface area contributed by atoms with E-state index in [0.717, 1.165) is 25.2 Å². The second kappa shape index (κ2) is 4.77. The van der Waals surface area contributed by atoms with Gasteiger partial charge >= 0.3 is 0 Å². The van der Waals surface area contributed by atoms with Crippen LogP contribution in [0, 0.1) is 17.8 Å². The number of nitrogens with one attached hydrogen (secondary N) is 1. The third kappa shape index (κ3) is 2.98. The van der Waals surface area contributed by atoms with Crippen molar-refractivity contribution in [2.45, 2.75) is 25.4 Å². The van der Waals surface area contributed by atoms with Crippen molar-refractivity contribution in [1.82, 2.24) is 10.3 Å². The van der Waals surface area contributed by atoms with Crippen LogP contribution in [0.15, 0.2) is 18.2 Å². The van der Waals surface area contributed by atoms with Crippen molar-refractivity contribution in [3.05, 3.63) is 23.9 Å². The molecule has 3 nitrogen and oxygen atoms in total. The molecule has 1 aromatic heterocycles. The lowest BCUT2D eigenvalue weighted by atomic mass is 10.3. The molecule has 1 saturated heterocycles. The summed E-state index contributed by atoms with van der Waals surface area (Å²) in [5, 5.41) is 3.27. The molecular weight excluding hydrogens is 212 g/mol. The van der Waals surface area contributed by atoms with Crippen LogP contribution in [0.3, 0.4) is 0 Å². The van der Waals surface area contributed by atoms with E-state index >= 15 is 0 Å². The standard InChI is InChI=1S/C14H16N2O/c1-2-12(7-6-11-4-5-11)16-14(3-1)17-13-8-9-15-10-13/h1-3,11,13,15H,4-5,8-10H2. The third-order valence-electron chi connectivity index (χ3n) is 3.01. The van der Waals surface area contributed by atoms with Gasteiger partial charge in [0.05, 0.1) is 0 Å². The molecule has 88 valence electrons. The highest BCUT2D eigenvalue weighted by atomic mass is 16.5. The van der Waals surface area contributed by atoms with E-state index in [1.54, 1.807) is 0 Å². The first-order valence-electron chi connectivity index (χ1n) is 6.26. The number of pyridine rings is 1. The zero-order valence-corrected chi connectivity index (χ0v) is 9.78. The Morgan fingerprint density at radius 3 is 3.00 bits per heavy atom. The molecule has 0 aromatic carbocycles. The lowest BCUT2D eigenvalue weighted by molar-refractivity contribution is 0.214. The normalized spacial score (nSPS) is 22.9. The van der Waals surface area contributed by atoms with Gasteiger partial charge in [0, 0.05) is 18.5 Å². The average Bonchev–Trinajstić information content (AvgIpc) is 3.05. The van der Waals surface area contributed by atoms with Gasteiger partial charge in [0.2, 0.25) is 5.88 Å². The SMILES string of the molecule is C(#CC1CC1)c1cccc(OC2CCNC2)n1. The molecule has 2 fully saturated rings. The van der Waals surface area contributed by atoms with Gasteiger partial charge in [-0.15, -0.1) is 0 Å². The summed E-state index contributed by atoms with van der Waals surface area (Å²) in [5.74, 6) is 7.64. The van der Waals surface area contributed by atoms with Gasteiger partial charge in [-0.3, -0.25) is 0 Å². The molecule has 3 rings (SSSR count). The fraction of sp³-hybridized carbons (Fsp3) is 0.500. The fourth-order valence-electron chi connectivity index (χ4n) is 1.85. The van der Waals surface area contributed by atoms with Gasteiger partial charge in [-0.05, 0) is 37.8 Å². The molecule has 0 radical (unpaired) electrons. The van der Waals surface area contributed by atoms with E-state index in [0.29, 0.717) is 11.8 Å². The molecule has 0 bridgehead atoms. The Morgan fingerprint density at radius 2 is 2.24 bits per heavy atom. The van der Waals surface area contributed by atoms with Gasteiger partial charge in [0.15, 0.2) is 0 Å². The Labute approximate surface area is 102 Å². The van der Waals surface area contributed by atoms with E-state index in [1.165, 1.54) is 12.8 Å². The van der Waals surface area contributed by atoms with Crippen LogP contribution >= 0.6 is 0 Å². The summed E-state index contributed by atoms with van der Waals surface area (Å²) in [7, 11) is 0. The number of hydrogen-bond donors (Lipinski definition) is 1. The third-order valence-corrected chi connectivity index (χ3v) is 3.01. The Kier molecular flexibility index (Phi) is 2.98. The van der Waals surface area contributed by atoms with Crippen molar-refractivity contribution < 1.29 is 4.74 Å². The predicted molar refractivity (Wildman–Crippen MR) is 65.7 cm³/mol. The first kappa shape index (κ1) is 10.6. The number of ether oxygens (including phenoxy) is 1. The minimum absolute atomic E-state index is 0.258. The monoisotopic (exact) mass is 228 g/mol. The van der Waals surface area contributed by atoms with E-state index in [2.05, 4.69) is 22.1 Å². The van der Waals surface area contributed by atoms with Crippen molar-refractivity contribution in [1.29, 1.82) is 0 Å². The summed E-state index contributed by atoms with van der Waals surface area (Å²) in [5.41, 5.74) is 0.820. The summed E-state index contributed by atoms with van der Waals surface area (Å²) in [6.07, 6.45) is 3.81. The van der Waals surface area contributed by atoms with Gasteiger partial charge in [0.25, 0.3) is 0 Å². The van der Waals surface area contributed by atoms with Crippen molar-refractivity contribution in [3.8, 4) is 17.7 Å². The van der Waals surface area contributed by atoms with E-state index in [1.807, 2.05) is 18.2 Å². The molecule has 1 aromatic rings. The minimum atomic E-state index is 0.258. The first-order chi connectivity index (χ1) is 8.40. The Hall–Kier alpha value is -1.53. The number of hydrogen-bond acceptors (Lipinski definition) is 3. The predicted octanol–water partition coefficient (Wildman–Crippen LogP) is 1.58. The lowest BCUT2D eigenvalue weighted by Crippen LogP contribution is -2.20. The smallest absolute Gasteiger partial charge is 0.214 e. The zero-order valence-electron chi connectivity index (χ0n) is 9.78. The number of rotatable bonds is 2. The minimum Gasteiger partial charge on any atom is -0.473 e. The fourth-order valence-corrected chi connectivity index (χ4v) is 1.85. The molecule has 1 saturated carbocycles. The Bertz CT molecular complexity index is 451. The molecule has 17 heavy (non-hydrogen) atoms. The molecular formula is C14H16N2O. The van der Waals surface area contributed by atoms with Crippen molar-refractivity contribution in [3.63, 3.8) is 0 Å². The summed E-state index contributed by atoms with van der Waals surface area (Å²) in [6, 6.07) is 5.80. The van der Waals surface area contributed by atoms with Crippen LogP contribution in [0.4, 0.5) is 0 Å². The van der Waals surface area contributed by atoms with Gasteiger partial charge in [-0.2, -0.15) is 0 Å². The van der Waals surface area contributed by atoms with E-state index < -0.39 is 0 Å². The molecule has 0 amide bonds. The second-order valence-corrected chi connectivity index (χ2v) is 4.64. The Balaban J connectivity index is 1.67. The molecule has 1 unspecified atom stereocenters. The highest BCUT2D eigenvalue weighted by molar-refractivity contribution is 5.31. The van der Waals surface area contributed by atoms with Crippen LogP contribution in [0.2, 0.25) is 0 Å². The number of aromatic nitrogens is 1. The van der Waals surface area contributed by atoms with Crippen LogP contribution in [0.5, 0.6) is 5.88 Å². The summed E-state index contributed by atoms with van der Waals surface area (Å²) >= 11 is 0. The maximum atomic E-state index is 5.80. The number of nitrogens with zero attached hydrogens (tertiary/aromatic N) is 1. The van der Waals surface area contributed by atoms with E-state index in [4.69, 9.17) is 4.74 Å². The van der Waals surface area contributed by atoms with Crippen molar-refractivity contribution in [2.24, 2.45) is 5.92 Å². The van der Waals surface area contributed by atoms with E-state index in [9.17, 15) is 0 Å². The van der Waals surface area contributed by atoms with Gasteiger partial charge in [-0.25, -0.2) is 4.98 Å². The van der Waals surface area contributed by atoms with E-state index in [-0.39, 0.29) is 6.10 Å². The highest BCUT2D eigenvalue weighted by Gasteiger charge is 2.18. The van der Waals surface area contributed by atoms with Gasteiger partial charge < -0.3 is 10.1 Å². The summed E-state index contributed by atoms with van der Waals surface area (Å²) < 4.78 is 5.80. The van der Waals surface area contributed by atoms with Crippen LogP contribution in [-0.2, 0) is 0 Å². The molecule has 2 aliphatic rings. The summed E-state index contributed by atoms with van der Waals surface area (Å²) in [6.45, 7) is 1.95. The maximum Gasteiger partial charge on any atom is 0.214 e. The Morgan fingerprint density at radius 1 is 1.29 bits per heavy atom. The van der Waals surface area contributed by atoms with Crippen LogP contribution in [-0.4, -0.2) is 24.2 Å². The molecule has 1 atom stereocenters. The van der Waals surface area contributed by atoms with Crippen molar-refractivity contribution >= 4 is 0 Å². The largest absolute Gasteiger partial charge is 0.473 e. The first-order valence-corrected chi connectivity index (χ1v) is 6.26. The van der Waals surface area contributed by atoms with Crippen molar-refractivity contribution in [2.75, 3.05) is 13.1 Å². The molecule has 1 aliphatic heterocycles. The summed E-state index contributed by atoms with van der Waals surface area (Å²) in [4.78, 5) is 4.41. The molecule has 1 aliphatic carbocycles. The molecule has 0 spiro atoms. The second-order valence-electron chi connectivity index (χ2n) is 4.64. The van der Waals surface area contributed by atoms with Crippen LogP contribution in [0.25, 0.3) is 0 Å². The molecule has 1 N–H and O–H groups in total. The quantitative estimate of drug-likeness (QED) is 0.780. The zero-order chi connectivity index (χ0) is 11.5. The lowest BCUT2D eigenvalue weighted by Gasteiger charge is -2.10.